The predicted molar refractivity (Wildman–Crippen MR) is 290 cm³/mol. The number of hydrogen-bond donors (Lipinski definition) is 0. The highest BCUT2D eigenvalue weighted by molar-refractivity contribution is 7.18. The van der Waals surface area contributed by atoms with Crippen LogP contribution in [-0.4, -0.2) is 34.5 Å². The Bertz CT molecular complexity index is 3920. The first kappa shape index (κ1) is 41.7. The SMILES string of the molecule is c1ccc(-c2nc(-c3ccccc3)nc(-n3c4ccc(-c5ccc(-c6cccc(N(c7cccc(-c8ccccn8)c7)c7cccc(-c8ccccn8)c7)c6)s5)cc4c4nc5ccccc5cc43)n2)cc1. The van der Waals surface area contributed by atoms with Crippen LogP contribution in [0.2, 0.25) is 0 Å². The first-order valence-electron chi connectivity index (χ1n) is 23.4. The van der Waals surface area contributed by atoms with Crippen molar-refractivity contribution in [1.29, 1.82) is 0 Å². The molecule has 0 saturated carbocycles. The van der Waals surface area contributed by atoms with Crippen LogP contribution in [0.3, 0.4) is 0 Å². The molecule has 0 bridgehead atoms. The molecule has 13 rings (SSSR count). The Morgan fingerprint density at radius 1 is 0.366 bits per heavy atom. The van der Waals surface area contributed by atoms with Gasteiger partial charge < -0.3 is 4.90 Å². The molecule has 0 atom stereocenters. The molecule has 8 nitrogen and oxygen atoms in total. The standard InChI is InChI=1S/C62H40N8S/c1-3-16-41(17-4-1)60-66-61(42-18-5-2-6-19-42)68-62(67-60)70-55-31-30-47(39-51(55)59-56(70)40-45-20-7-8-29-54(45)65-59)58-33-32-57(71-58)46-23-15-26-50(38-46)69(48-24-13-21-43(36-48)52-27-9-11-34-63-52)49-25-14-22-44(37-49)53-28-10-12-35-64-53/h1-40H. The summed E-state index contributed by atoms with van der Waals surface area (Å²) in [5.74, 6) is 1.73. The summed E-state index contributed by atoms with van der Waals surface area (Å²) in [5, 5.41) is 2.05. The molecule has 334 valence electrons. The van der Waals surface area contributed by atoms with Crippen molar-refractivity contribution in [2.75, 3.05) is 4.90 Å². The molecule has 6 heterocycles. The zero-order valence-electron chi connectivity index (χ0n) is 38.1. The van der Waals surface area contributed by atoms with Crippen LogP contribution in [0, 0.1) is 0 Å². The lowest BCUT2D eigenvalue weighted by molar-refractivity contribution is 0.953. The fourth-order valence-corrected chi connectivity index (χ4v) is 10.4. The minimum absolute atomic E-state index is 0.529. The van der Waals surface area contributed by atoms with Crippen molar-refractivity contribution >= 4 is 61.2 Å². The maximum atomic E-state index is 5.32. The Morgan fingerprint density at radius 3 is 1.48 bits per heavy atom. The second-order valence-corrected chi connectivity index (χ2v) is 18.3. The molecule has 0 spiro atoms. The molecule has 9 heteroatoms. The van der Waals surface area contributed by atoms with E-state index in [9.17, 15) is 0 Å². The van der Waals surface area contributed by atoms with Gasteiger partial charge in [-0.25, -0.2) is 9.97 Å². The van der Waals surface area contributed by atoms with Gasteiger partial charge in [0.2, 0.25) is 5.95 Å². The lowest BCUT2D eigenvalue weighted by Gasteiger charge is -2.27. The van der Waals surface area contributed by atoms with E-state index in [2.05, 4.69) is 147 Å². The Balaban J connectivity index is 0.919. The summed E-state index contributed by atoms with van der Waals surface area (Å²) in [5.41, 5.74) is 14.7. The van der Waals surface area contributed by atoms with Crippen molar-refractivity contribution in [2.24, 2.45) is 0 Å². The number of pyridine rings is 3. The molecule has 0 aliphatic rings. The van der Waals surface area contributed by atoms with E-state index < -0.39 is 0 Å². The van der Waals surface area contributed by atoms with E-state index in [1.54, 1.807) is 11.3 Å². The molecule has 0 aliphatic heterocycles. The number of aromatic nitrogens is 7. The number of nitrogens with zero attached hydrogens (tertiary/aromatic N) is 8. The van der Waals surface area contributed by atoms with Crippen molar-refractivity contribution in [3.63, 3.8) is 0 Å². The Labute approximate surface area is 413 Å². The summed E-state index contributed by atoms with van der Waals surface area (Å²) in [6.07, 6.45) is 3.68. The van der Waals surface area contributed by atoms with Gasteiger partial charge in [-0.15, -0.1) is 11.3 Å². The lowest BCUT2D eigenvalue weighted by Crippen LogP contribution is -2.10. The highest BCUT2D eigenvalue weighted by Crippen LogP contribution is 2.43. The zero-order chi connectivity index (χ0) is 47.1. The number of thiophene rings is 1. The highest BCUT2D eigenvalue weighted by atomic mass is 32.1. The lowest BCUT2D eigenvalue weighted by atomic mass is 10.1. The number of para-hydroxylation sites is 1. The molecule has 0 radical (unpaired) electrons. The molecule has 0 amide bonds. The molecule has 0 fully saturated rings. The number of benzene rings is 7. The largest absolute Gasteiger partial charge is 0.310 e. The molecule has 0 unspecified atom stereocenters. The van der Waals surface area contributed by atoms with Gasteiger partial charge in [-0.2, -0.15) is 9.97 Å². The van der Waals surface area contributed by atoms with E-state index in [1.807, 2.05) is 116 Å². The number of anilines is 3. The maximum absolute atomic E-state index is 5.32. The summed E-state index contributed by atoms with van der Waals surface area (Å²) in [4.78, 5) is 34.6. The molecule has 7 aromatic carbocycles. The summed E-state index contributed by atoms with van der Waals surface area (Å²) < 4.78 is 2.14. The monoisotopic (exact) mass is 928 g/mol. The number of rotatable bonds is 10. The summed E-state index contributed by atoms with van der Waals surface area (Å²) in [6, 6.07) is 79.8. The van der Waals surface area contributed by atoms with Crippen LogP contribution in [-0.2, 0) is 0 Å². The molecule has 13 aromatic rings. The van der Waals surface area contributed by atoms with E-state index in [0.29, 0.717) is 17.6 Å². The van der Waals surface area contributed by atoms with Crippen LogP contribution in [0.5, 0.6) is 0 Å². The number of hydrogen-bond acceptors (Lipinski definition) is 8. The summed E-state index contributed by atoms with van der Waals surface area (Å²) in [7, 11) is 0. The topological polar surface area (TPSA) is 85.5 Å². The van der Waals surface area contributed by atoms with Gasteiger partial charge in [0.1, 0.15) is 0 Å². The van der Waals surface area contributed by atoms with E-state index in [-0.39, 0.29) is 0 Å². The quantitative estimate of drug-likeness (QED) is 0.135. The van der Waals surface area contributed by atoms with Gasteiger partial charge in [0.25, 0.3) is 0 Å². The van der Waals surface area contributed by atoms with Crippen LogP contribution >= 0.6 is 11.3 Å². The summed E-state index contributed by atoms with van der Waals surface area (Å²) in [6.45, 7) is 0. The Morgan fingerprint density at radius 2 is 0.887 bits per heavy atom. The van der Waals surface area contributed by atoms with Crippen molar-refractivity contribution in [3.05, 3.63) is 243 Å². The molecule has 6 aromatic heterocycles. The highest BCUT2D eigenvalue weighted by Gasteiger charge is 2.21. The Kier molecular flexibility index (Phi) is 10.5. The molecular formula is C62H40N8S. The Hall–Kier alpha value is -9.44. The van der Waals surface area contributed by atoms with Gasteiger partial charge in [-0.1, -0.05) is 133 Å². The fraction of sp³-hybridized carbons (Fsp3) is 0. The van der Waals surface area contributed by atoms with Crippen molar-refractivity contribution in [2.45, 2.75) is 0 Å². The minimum atomic E-state index is 0.529. The van der Waals surface area contributed by atoms with Gasteiger partial charge in [-0.05, 0) is 108 Å². The van der Waals surface area contributed by atoms with Gasteiger partial charge in [0, 0.05) is 72.2 Å². The number of fused-ring (bicyclic) bond motifs is 4. The normalized spacial score (nSPS) is 11.4. The molecule has 71 heavy (non-hydrogen) atoms. The van der Waals surface area contributed by atoms with E-state index in [1.165, 1.54) is 0 Å². The van der Waals surface area contributed by atoms with Crippen LogP contribution in [0.25, 0.3) is 105 Å². The smallest absolute Gasteiger partial charge is 0.238 e. The van der Waals surface area contributed by atoms with Crippen LogP contribution < -0.4 is 4.90 Å². The van der Waals surface area contributed by atoms with E-state index in [4.69, 9.17) is 19.9 Å². The predicted octanol–water partition coefficient (Wildman–Crippen LogP) is 15.8. The van der Waals surface area contributed by atoms with E-state index in [0.717, 1.165) is 104 Å². The maximum Gasteiger partial charge on any atom is 0.238 e. The average molecular weight is 929 g/mol. The molecule has 0 aliphatic carbocycles. The third-order valence-electron chi connectivity index (χ3n) is 12.7. The minimum Gasteiger partial charge on any atom is -0.310 e. The van der Waals surface area contributed by atoms with Crippen molar-refractivity contribution in [1.82, 2.24) is 34.5 Å². The van der Waals surface area contributed by atoms with Gasteiger partial charge >= 0.3 is 0 Å². The molecule has 0 saturated heterocycles. The van der Waals surface area contributed by atoms with Crippen molar-refractivity contribution < 1.29 is 0 Å². The van der Waals surface area contributed by atoms with Crippen molar-refractivity contribution in [3.8, 4) is 72.1 Å². The first-order chi connectivity index (χ1) is 35.2. The van der Waals surface area contributed by atoms with Gasteiger partial charge in [0.15, 0.2) is 11.6 Å². The summed E-state index contributed by atoms with van der Waals surface area (Å²) >= 11 is 1.77. The van der Waals surface area contributed by atoms with Gasteiger partial charge in [-0.3, -0.25) is 14.5 Å². The third kappa shape index (κ3) is 7.96. The third-order valence-corrected chi connectivity index (χ3v) is 13.9. The van der Waals surface area contributed by atoms with Gasteiger partial charge in [0.05, 0.1) is 33.5 Å². The fourth-order valence-electron chi connectivity index (χ4n) is 9.36. The van der Waals surface area contributed by atoms with Crippen LogP contribution in [0.4, 0.5) is 17.1 Å². The molecule has 0 N–H and O–H groups in total. The zero-order valence-corrected chi connectivity index (χ0v) is 38.9. The first-order valence-corrected chi connectivity index (χ1v) is 24.2. The second kappa shape index (κ2) is 17.9. The van der Waals surface area contributed by atoms with Crippen LogP contribution in [0.15, 0.2) is 243 Å². The average Bonchev–Trinajstić information content (AvgIpc) is 4.07. The molecular weight excluding hydrogens is 889 g/mol. The van der Waals surface area contributed by atoms with E-state index >= 15 is 0 Å². The second-order valence-electron chi connectivity index (χ2n) is 17.2. The van der Waals surface area contributed by atoms with Crippen LogP contribution in [0.1, 0.15) is 0 Å².